The Hall–Kier alpha value is -4.18. The maximum absolute atomic E-state index is 13.3. The van der Waals surface area contributed by atoms with Crippen LogP contribution in [0.3, 0.4) is 0 Å². The minimum atomic E-state index is -0.524. The number of rotatable bonds is 6. The Kier molecular flexibility index (Phi) is 6.90. The summed E-state index contributed by atoms with van der Waals surface area (Å²) in [7, 11) is 0. The molecule has 0 bridgehead atoms. The van der Waals surface area contributed by atoms with Gasteiger partial charge in [-0.1, -0.05) is 13.0 Å². The predicted molar refractivity (Wildman–Crippen MR) is 141 cm³/mol. The molecule has 1 amide bonds. The Morgan fingerprint density at radius 1 is 1.13 bits per heavy atom. The molecule has 0 saturated carbocycles. The van der Waals surface area contributed by atoms with Gasteiger partial charge in [0.05, 0.1) is 23.1 Å². The molecule has 3 aromatic heterocycles. The zero-order valence-corrected chi connectivity index (χ0v) is 21.3. The topological polar surface area (TPSA) is 127 Å². The molecule has 10 heteroatoms. The molecule has 3 N–H and O–H groups in total. The fourth-order valence-electron chi connectivity index (χ4n) is 5.34. The molecule has 1 aliphatic heterocycles. The highest BCUT2D eigenvalue weighted by Crippen LogP contribution is 2.37. The van der Waals surface area contributed by atoms with Crippen LogP contribution in [0.15, 0.2) is 48.8 Å². The number of nitrogens with two attached hydrogens (primary N) is 1. The smallest absolute Gasteiger partial charge is 0.248 e. The van der Waals surface area contributed by atoms with Crippen LogP contribution >= 0.6 is 0 Å². The number of amides is 1. The van der Waals surface area contributed by atoms with Gasteiger partial charge in [0, 0.05) is 41.4 Å². The van der Waals surface area contributed by atoms with E-state index in [4.69, 9.17) is 10.7 Å². The van der Waals surface area contributed by atoms with E-state index in [1.165, 1.54) is 23.6 Å². The van der Waals surface area contributed by atoms with Crippen molar-refractivity contribution in [2.75, 3.05) is 18.9 Å². The van der Waals surface area contributed by atoms with Crippen molar-refractivity contribution in [1.82, 2.24) is 24.5 Å². The number of hydrogen-bond acceptors (Lipinski definition) is 7. The van der Waals surface area contributed by atoms with Crippen LogP contribution in [-0.2, 0) is 4.79 Å². The van der Waals surface area contributed by atoms with Crippen LogP contribution in [0.4, 0.5) is 10.2 Å². The van der Waals surface area contributed by atoms with Crippen LogP contribution in [0.25, 0.3) is 28.0 Å². The van der Waals surface area contributed by atoms with Crippen molar-refractivity contribution in [3.8, 4) is 22.4 Å². The van der Waals surface area contributed by atoms with Gasteiger partial charge in [-0.25, -0.2) is 9.37 Å². The van der Waals surface area contributed by atoms with Gasteiger partial charge >= 0.3 is 0 Å². The molecule has 4 aromatic rings. The number of hydrogen-bond donors (Lipinski definition) is 2. The highest BCUT2D eigenvalue weighted by atomic mass is 19.1. The highest BCUT2D eigenvalue weighted by molar-refractivity contribution is 6.00. The van der Waals surface area contributed by atoms with Gasteiger partial charge < -0.3 is 15.7 Å². The fourth-order valence-corrected chi connectivity index (χ4v) is 5.34. The second kappa shape index (κ2) is 10.3. The highest BCUT2D eigenvalue weighted by Gasteiger charge is 2.34. The Bertz CT molecular complexity index is 1500. The quantitative estimate of drug-likeness (QED) is 0.373. The first-order valence-corrected chi connectivity index (χ1v) is 12.6. The van der Waals surface area contributed by atoms with Gasteiger partial charge in [-0.2, -0.15) is 9.61 Å². The fraction of sp³-hybridized carbons (Fsp3) is 0.321. The number of benzene rings is 1. The standard InChI is InChI=1S/C28H29FN6O3/c1-3-21-12-18(10-11-34(21)24(38)15-36)26-25(16(2)37)27(30)35-28(33-26)22(14-32-35)19-6-9-23(31-13-19)17-4-7-20(29)8-5-17/h4-9,13-14,18,21,36H,3,10-12,15,30H2,1-2H3/t18-,21+/m1/s1. The number of ketones is 1. The summed E-state index contributed by atoms with van der Waals surface area (Å²) < 4.78 is 14.8. The Morgan fingerprint density at radius 2 is 1.87 bits per heavy atom. The van der Waals surface area contributed by atoms with Crippen LogP contribution in [-0.4, -0.2) is 60.5 Å². The van der Waals surface area contributed by atoms with E-state index in [1.54, 1.807) is 29.4 Å². The van der Waals surface area contributed by atoms with Crippen molar-refractivity contribution in [2.24, 2.45) is 0 Å². The summed E-state index contributed by atoms with van der Waals surface area (Å²) in [6.45, 7) is 3.41. The number of nitrogen functional groups attached to an aromatic ring is 1. The van der Waals surface area contributed by atoms with E-state index in [2.05, 4.69) is 10.1 Å². The van der Waals surface area contributed by atoms with E-state index in [-0.39, 0.29) is 35.3 Å². The summed E-state index contributed by atoms with van der Waals surface area (Å²) in [6, 6.07) is 9.81. The lowest BCUT2D eigenvalue weighted by Gasteiger charge is -2.39. The van der Waals surface area contributed by atoms with Crippen LogP contribution in [0.1, 0.15) is 55.1 Å². The van der Waals surface area contributed by atoms with Crippen molar-refractivity contribution < 1.29 is 19.1 Å². The Morgan fingerprint density at radius 3 is 2.50 bits per heavy atom. The van der Waals surface area contributed by atoms with Crippen LogP contribution in [0.5, 0.6) is 0 Å². The van der Waals surface area contributed by atoms with E-state index in [9.17, 15) is 19.1 Å². The van der Waals surface area contributed by atoms with E-state index < -0.39 is 6.61 Å². The molecule has 2 atom stereocenters. The molecule has 4 heterocycles. The summed E-state index contributed by atoms with van der Waals surface area (Å²) in [4.78, 5) is 36.2. The number of anilines is 1. The average Bonchev–Trinajstić information content (AvgIpc) is 3.37. The molecule has 0 unspecified atom stereocenters. The molecule has 196 valence electrons. The number of aliphatic hydroxyl groups is 1. The zero-order chi connectivity index (χ0) is 27.0. The van der Waals surface area contributed by atoms with Crippen molar-refractivity contribution in [3.05, 3.63) is 65.9 Å². The lowest BCUT2D eigenvalue weighted by Crippen LogP contribution is -2.46. The number of Topliss-reactive ketones (excluding diaryl/α,β-unsaturated/α-hetero) is 1. The summed E-state index contributed by atoms with van der Waals surface area (Å²) in [5, 5.41) is 13.8. The third kappa shape index (κ3) is 4.51. The minimum Gasteiger partial charge on any atom is -0.387 e. The first-order chi connectivity index (χ1) is 18.3. The zero-order valence-electron chi connectivity index (χ0n) is 21.3. The first-order valence-electron chi connectivity index (χ1n) is 12.6. The van der Waals surface area contributed by atoms with Crippen molar-refractivity contribution in [1.29, 1.82) is 0 Å². The van der Waals surface area contributed by atoms with Crippen molar-refractivity contribution >= 4 is 23.2 Å². The lowest BCUT2D eigenvalue weighted by atomic mass is 9.84. The predicted octanol–water partition coefficient (Wildman–Crippen LogP) is 3.86. The van der Waals surface area contributed by atoms with Gasteiger partial charge in [0.2, 0.25) is 5.91 Å². The van der Waals surface area contributed by atoms with Crippen molar-refractivity contribution in [3.63, 3.8) is 0 Å². The molecule has 0 radical (unpaired) electrons. The summed E-state index contributed by atoms with van der Waals surface area (Å²) >= 11 is 0. The maximum Gasteiger partial charge on any atom is 0.248 e. The molecule has 5 rings (SSSR count). The van der Waals surface area contributed by atoms with Crippen LogP contribution < -0.4 is 5.73 Å². The first kappa shape index (κ1) is 25.5. The summed E-state index contributed by atoms with van der Waals surface area (Å²) in [5.74, 6) is -0.662. The SMILES string of the molecule is CC[C@H]1C[C@H](c2nc3c(-c4ccc(-c5ccc(F)cc5)nc4)cnn3c(N)c2C(C)=O)CCN1C(=O)CO. The Labute approximate surface area is 219 Å². The van der Waals surface area contributed by atoms with Gasteiger partial charge in [-0.05, 0) is 56.5 Å². The summed E-state index contributed by atoms with van der Waals surface area (Å²) in [5.41, 5.74) is 10.9. The largest absolute Gasteiger partial charge is 0.387 e. The molecule has 9 nitrogen and oxygen atoms in total. The van der Waals surface area contributed by atoms with E-state index in [1.807, 2.05) is 19.1 Å². The molecular formula is C28H29FN6O3. The van der Waals surface area contributed by atoms with Gasteiger partial charge in [-0.3, -0.25) is 14.6 Å². The minimum absolute atomic E-state index is 0.0694. The average molecular weight is 517 g/mol. The molecule has 1 saturated heterocycles. The number of aromatic nitrogens is 4. The van der Waals surface area contributed by atoms with Gasteiger partial charge in [0.1, 0.15) is 18.2 Å². The number of fused-ring (bicyclic) bond motifs is 1. The molecule has 1 fully saturated rings. The third-order valence-electron chi connectivity index (χ3n) is 7.31. The molecule has 1 aromatic carbocycles. The van der Waals surface area contributed by atoms with Crippen LogP contribution in [0.2, 0.25) is 0 Å². The number of carbonyl (C=O) groups excluding carboxylic acids is 2. The number of halogens is 1. The number of aliphatic hydroxyl groups excluding tert-OH is 1. The molecule has 38 heavy (non-hydrogen) atoms. The molecule has 1 aliphatic rings. The summed E-state index contributed by atoms with van der Waals surface area (Å²) in [6.07, 6.45) is 5.29. The van der Waals surface area contributed by atoms with Gasteiger partial charge in [-0.15, -0.1) is 0 Å². The van der Waals surface area contributed by atoms with Crippen molar-refractivity contribution in [2.45, 2.75) is 45.1 Å². The second-order valence-electron chi connectivity index (χ2n) is 9.57. The Balaban J connectivity index is 1.55. The van der Waals surface area contributed by atoms with Crippen LogP contribution in [0, 0.1) is 5.82 Å². The maximum atomic E-state index is 13.3. The number of nitrogens with zero attached hydrogens (tertiary/aromatic N) is 5. The number of carbonyl (C=O) groups is 2. The van der Waals surface area contributed by atoms with E-state index >= 15 is 0 Å². The normalized spacial score (nSPS) is 17.6. The lowest BCUT2D eigenvalue weighted by molar-refractivity contribution is -0.138. The third-order valence-corrected chi connectivity index (χ3v) is 7.31. The number of piperidine rings is 1. The molecular weight excluding hydrogens is 487 g/mol. The second-order valence-corrected chi connectivity index (χ2v) is 9.57. The monoisotopic (exact) mass is 516 g/mol. The molecule has 0 spiro atoms. The van der Waals surface area contributed by atoms with E-state index in [0.717, 1.165) is 17.5 Å². The van der Waals surface area contributed by atoms with E-state index in [0.29, 0.717) is 47.5 Å². The number of likely N-dealkylation sites (tertiary alicyclic amines) is 1. The number of pyridine rings is 1. The van der Waals surface area contributed by atoms with Gasteiger partial charge in [0.25, 0.3) is 0 Å². The molecule has 0 aliphatic carbocycles. The van der Waals surface area contributed by atoms with Gasteiger partial charge in [0.15, 0.2) is 11.4 Å².